The molecule has 0 unspecified atom stereocenters. The molecular formula is C15H20ClN3. The van der Waals surface area contributed by atoms with Gasteiger partial charge >= 0.3 is 0 Å². The zero-order valence-electron chi connectivity index (χ0n) is 11.7. The first-order valence-corrected chi connectivity index (χ1v) is 6.81. The topological polar surface area (TPSA) is 29.9 Å². The van der Waals surface area contributed by atoms with Crippen LogP contribution in [0.1, 0.15) is 31.9 Å². The van der Waals surface area contributed by atoms with E-state index in [4.69, 9.17) is 11.6 Å². The van der Waals surface area contributed by atoms with Crippen LogP contribution in [0, 0.1) is 0 Å². The van der Waals surface area contributed by atoms with Crippen LogP contribution >= 0.6 is 11.6 Å². The second kappa shape index (κ2) is 5.76. The summed E-state index contributed by atoms with van der Waals surface area (Å²) < 4.78 is 1.95. The average Bonchev–Trinajstić information content (AvgIpc) is 2.77. The maximum atomic E-state index is 5.87. The number of hydrogen-bond donors (Lipinski definition) is 1. The molecule has 1 aromatic heterocycles. The van der Waals surface area contributed by atoms with E-state index >= 15 is 0 Å². The third-order valence-electron chi connectivity index (χ3n) is 2.77. The van der Waals surface area contributed by atoms with Crippen molar-refractivity contribution in [3.63, 3.8) is 0 Å². The molecular weight excluding hydrogens is 258 g/mol. The molecule has 3 nitrogen and oxygen atoms in total. The Kier molecular flexibility index (Phi) is 4.27. The lowest BCUT2D eigenvalue weighted by molar-refractivity contribution is 0.424. The van der Waals surface area contributed by atoms with Crippen molar-refractivity contribution in [1.29, 1.82) is 0 Å². The second-order valence-electron chi connectivity index (χ2n) is 5.78. The SMILES string of the molecule is CC(C)(C)NCc1cnn(Cc2ccc(Cl)cc2)c1. The largest absolute Gasteiger partial charge is 0.308 e. The number of benzene rings is 1. The lowest BCUT2D eigenvalue weighted by Gasteiger charge is -2.19. The molecule has 0 atom stereocenters. The number of rotatable bonds is 4. The maximum Gasteiger partial charge on any atom is 0.0659 e. The Morgan fingerprint density at radius 2 is 1.84 bits per heavy atom. The highest BCUT2D eigenvalue weighted by molar-refractivity contribution is 6.30. The Balaban J connectivity index is 1.95. The molecule has 102 valence electrons. The normalized spacial score (nSPS) is 11.8. The third-order valence-corrected chi connectivity index (χ3v) is 3.02. The van der Waals surface area contributed by atoms with Crippen LogP contribution in [0.5, 0.6) is 0 Å². The van der Waals surface area contributed by atoms with E-state index in [0.29, 0.717) is 0 Å². The molecule has 0 spiro atoms. The second-order valence-corrected chi connectivity index (χ2v) is 6.21. The van der Waals surface area contributed by atoms with Crippen molar-refractivity contribution >= 4 is 11.6 Å². The molecule has 0 saturated heterocycles. The van der Waals surface area contributed by atoms with Crippen LogP contribution in [0.3, 0.4) is 0 Å². The highest BCUT2D eigenvalue weighted by atomic mass is 35.5. The van der Waals surface area contributed by atoms with Gasteiger partial charge in [0.25, 0.3) is 0 Å². The summed E-state index contributed by atoms with van der Waals surface area (Å²) in [6.45, 7) is 8.08. The summed E-state index contributed by atoms with van der Waals surface area (Å²) in [5, 5.41) is 8.59. The Labute approximate surface area is 119 Å². The van der Waals surface area contributed by atoms with Gasteiger partial charge in [0.1, 0.15) is 0 Å². The van der Waals surface area contributed by atoms with Crippen molar-refractivity contribution < 1.29 is 0 Å². The zero-order chi connectivity index (χ0) is 13.9. The molecule has 0 aliphatic heterocycles. The van der Waals surface area contributed by atoms with Gasteiger partial charge in [-0.3, -0.25) is 4.68 Å². The summed E-state index contributed by atoms with van der Waals surface area (Å²) in [6, 6.07) is 7.86. The van der Waals surface area contributed by atoms with Gasteiger partial charge in [-0.1, -0.05) is 23.7 Å². The molecule has 0 bridgehead atoms. The molecule has 0 fully saturated rings. The van der Waals surface area contributed by atoms with Crippen LogP contribution in [-0.2, 0) is 13.1 Å². The first-order chi connectivity index (χ1) is 8.92. The maximum absolute atomic E-state index is 5.87. The molecule has 0 amide bonds. The summed E-state index contributed by atoms with van der Waals surface area (Å²) in [7, 11) is 0. The van der Waals surface area contributed by atoms with Crippen LogP contribution in [0.4, 0.5) is 0 Å². The smallest absolute Gasteiger partial charge is 0.0659 e. The van der Waals surface area contributed by atoms with Gasteiger partial charge in [0.05, 0.1) is 12.7 Å². The fourth-order valence-electron chi connectivity index (χ4n) is 1.73. The number of halogens is 1. The Bertz CT molecular complexity index is 523. The predicted octanol–water partition coefficient (Wildman–Crippen LogP) is 3.47. The molecule has 1 heterocycles. The van der Waals surface area contributed by atoms with Crippen LogP contribution in [0.15, 0.2) is 36.7 Å². The van der Waals surface area contributed by atoms with E-state index in [1.54, 1.807) is 0 Å². The third kappa shape index (κ3) is 4.69. The van der Waals surface area contributed by atoms with Crippen molar-refractivity contribution in [1.82, 2.24) is 15.1 Å². The van der Waals surface area contributed by atoms with Crippen molar-refractivity contribution in [2.45, 2.75) is 39.4 Å². The first-order valence-electron chi connectivity index (χ1n) is 6.43. The van der Waals surface area contributed by atoms with Gasteiger partial charge < -0.3 is 5.32 Å². The quantitative estimate of drug-likeness (QED) is 0.927. The van der Waals surface area contributed by atoms with E-state index in [9.17, 15) is 0 Å². The van der Waals surface area contributed by atoms with Crippen LogP contribution < -0.4 is 5.32 Å². The highest BCUT2D eigenvalue weighted by Crippen LogP contribution is 2.11. The molecule has 1 aromatic carbocycles. The van der Waals surface area contributed by atoms with Crippen LogP contribution in [0.2, 0.25) is 5.02 Å². The van der Waals surface area contributed by atoms with E-state index in [0.717, 1.165) is 18.1 Å². The first kappa shape index (κ1) is 14.1. The number of nitrogens with one attached hydrogen (secondary N) is 1. The van der Waals surface area contributed by atoms with Crippen LogP contribution in [0.25, 0.3) is 0 Å². The summed E-state index contributed by atoms with van der Waals surface area (Å²) in [4.78, 5) is 0. The number of hydrogen-bond acceptors (Lipinski definition) is 2. The van der Waals surface area contributed by atoms with Gasteiger partial charge in [-0.05, 0) is 38.5 Å². The van der Waals surface area contributed by atoms with Crippen molar-refractivity contribution in [3.05, 3.63) is 52.8 Å². The van der Waals surface area contributed by atoms with Crippen LogP contribution in [-0.4, -0.2) is 15.3 Å². The monoisotopic (exact) mass is 277 g/mol. The van der Waals surface area contributed by atoms with Gasteiger partial charge in [0.15, 0.2) is 0 Å². The summed E-state index contributed by atoms with van der Waals surface area (Å²) in [5.41, 5.74) is 2.52. The van der Waals surface area contributed by atoms with Crippen molar-refractivity contribution in [2.24, 2.45) is 0 Å². The predicted molar refractivity (Wildman–Crippen MR) is 79.4 cm³/mol. The molecule has 0 saturated carbocycles. The standard InChI is InChI=1S/C15H20ClN3/c1-15(2,3)17-8-13-9-18-19(11-13)10-12-4-6-14(16)7-5-12/h4-7,9,11,17H,8,10H2,1-3H3. The minimum absolute atomic E-state index is 0.123. The van der Waals surface area contributed by atoms with E-state index in [1.165, 1.54) is 11.1 Å². The molecule has 2 aromatic rings. The molecule has 4 heteroatoms. The number of nitrogens with zero attached hydrogens (tertiary/aromatic N) is 2. The van der Waals surface area contributed by atoms with Crippen molar-refractivity contribution in [3.8, 4) is 0 Å². The lowest BCUT2D eigenvalue weighted by atomic mass is 10.1. The van der Waals surface area contributed by atoms with Gasteiger partial charge in [-0.25, -0.2) is 0 Å². The van der Waals surface area contributed by atoms with E-state index in [2.05, 4.69) is 37.4 Å². The molecule has 2 rings (SSSR count). The van der Waals surface area contributed by atoms with Gasteiger partial charge in [0, 0.05) is 28.9 Å². The summed E-state index contributed by atoms with van der Waals surface area (Å²) >= 11 is 5.87. The van der Waals surface area contributed by atoms with E-state index in [-0.39, 0.29) is 5.54 Å². The van der Waals surface area contributed by atoms with E-state index in [1.807, 2.05) is 35.1 Å². The Morgan fingerprint density at radius 1 is 1.16 bits per heavy atom. The Morgan fingerprint density at radius 3 is 2.47 bits per heavy atom. The van der Waals surface area contributed by atoms with Crippen molar-refractivity contribution in [2.75, 3.05) is 0 Å². The zero-order valence-corrected chi connectivity index (χ0v) is 12.4. The molecule has 0 aliphatic rings. The molecule has 19 heavy (non-hydrogen) atoms. The van der Waals surface area contributed by atoms with E-state index < -0.39 is 0 Å². The average molecular weight is 278 g/mol. The summed E-state index contributed by atoms with van der Waals surface area (Å²) in [5.74, 6) is 0. The fourth-order valence-corrected chi connectivity index (χ4v) is 1.85. The molecule has 0 aliphatic carbocycles. The number of aromatic nitrogens is 2. The Hall–Kier alpha value is -1.32. The summed E-state index contributed by atoms with van der Waals surface area (Å²) in [6.07, 6.45) is 3.99. The molecule has 0 radical (unpaired) electrons. The minimum Gasteiger partial charge on any atom is -0.308 e. The molecule has 1 N–H and O–H groups in total. The van der Waals surface area contributed by atoms with Gasteiger partial charge in [0.2, 0.25) is 0 Å². The lowest BCUT2D eigenvalue weighted by Crippen LogP contribution is -2.34. The van der Waals surface area contributed by atoms with Gasteiger partial charge in [-0.2, -0.15) is 5.10 Å². The highest BCUT2D eigenvalue weighted by Gasteiger charge is 2.09. The van der Waals surface area contributed by atoms with Gasteiger partial charge in [-0.15, -0.1) is 0 Å². The minimum atomic E-state index is 0.123. The fraction of sp³-hybridized carbons (Fsp3) is 0.400.